The van der Waals surface area contributed by atoms with Crippen LogP contribution in [-0.4, -0.2) is 13.1 Å². The first-order valence-electron chi connectivity index (χ1n) is 4.95. The quantitative estimate of drug-likeness (QED) is 0.213. The van der Waals surface area contributed by atoms with Crippen LogP contribution < -0.4 is 0 Å². The van der Waals surface area contributed by atoms with Gasteiger partial charge >= 0.3 is 5.97 Å². The second-order valence-electron chi connectivity index (χ2n) is 2.85. The monoisotopic (exact) mass is 194 g/mol. The molecule has 0 rings (SSSR count). The van der Waals surface area contributed by atoms with Crippen molar-refractivity contribution >= 4 is 5.97 Å². The molecule has 0 N–H and O–H groups in total. The van der Waals surface area contributed by atoms with Gasteiger partial charge in [0.1, 0.15) is 0 Å². The number of methoxy groups -OCH3 is 1. The molecule has 0 unspecified atom stereocenters. The Balaban J connectivity index is 3.48. The van der Waals surface area contributed by atoms with Gasteiger partial charge in [-0.1, -0.05) is 19.1 Å². The van der Waals surface area contributed by atoms with Crippen molar-refractivity contribution in [1.29, 1.82) is 0 Å². The van der Waals surface area contributed by atoms with Gasteiger partial charge in [-0.2, -0.15) is 0 Å². The third-order valence-electron chi connectivity index (χ3n) is 1.64. The summed E-state index contributed by atoms with van der Waals surface area (Å²) in [6.45, 7) is 2.12. The molecule has 0 aromatic carbocycles. The number of allylic oxidation sites excluding steroid dienone is 2. The minimum atomic E-state index is -0.355. The SMILES string of the molecule is CC/C=C\CCCC=C=CC(=O)OC. The van der Waals surface area contributed by atoms with E-state index in [4.69, 9.17) is 0 Å². The molecule has 0 bridgehead atoms. The van der Waals surface area contributed by atoms with Crippen LogP contribution in [-0.2, 0) is 9.53 Å². The van der Waals surface area contributed by atoms with Crippen LogP contribution in [0, 0.1) is 0 Å². The van der Waals surface area contributed by atoms with Crippen LogP contribution in [0.1, 0.15) is 32.6 Å². The van der Waals surface area contributed by atoms with Gasteiger partial charge in [-0.05, 0) is 31.8 Å². The van der Waals surface area contributed by atoms with Crippen molar-refractivity contribution in [2.24, 2.45) is 0 Å². The largest absolute Gasteiger partial charge is 0.465 e. The van der Waals surface area contributed by atoms with E-state index in [-0.39, 0.29) is 5.97 Å². The molecule has 0 saturated carbocycles. The maximum absolute atomic E-state index is 10.6. The Morgan fingerprint density at radius 2 is 2.14 bits per heavy atom. The lowest BCUT2D eigenvalue weighted by molar-refractivity contribution is -0.134. The van der Waals surface area contributed by atoms with Crippen LogP contribution in [0.2, 0.25) is 0 Å². The van der Waals surface area contributed by atoms with Crippen molar-refractivity contribution < 1.29 is 9.53 Å². The Kier molecular flexibility index (Phi) is 8.92. The van der Waals surface area contributed by atoms with Gasteiger partial charge in [-0.3, -0.25) is 0 Å². The van der Waals surface area contributed by atoms with Gasteiger partial charge in [0, 0.05) is 0 Å². The Bertz CT molecular complexity index is 233. The van der Waals surface area contributed by atoms with E-state index in [9.17, 15) is 4.79 Å². The van der Waals surface area contributed by atoms with E-state index >= 15 is 0 Å². The molecular weight excluding hydrogens is 176 g/mol. The highest BCUT2D eigenvalue weighted by Gasteiger charge is 1.86. The third kappa shape index (κ3) is 8.82. The molecule has 0 atom stereocenters. The molecule has 0 aliphatic heterocycles. The fourth-order valence-corrected chi connectivity index (χ4v) is 0.892. The lowest BCUT2D eigenvalue weighted by Gasteiger charge is -1.88. The smallest absolute Gasteiger partial charge is 0.338 e. The lowest BCUT2D eigenvalue weighted by atomic mass is 10.2. The summed E-state index contributed by atoms with van der Waals surface area (Å²) in [7, 11) is 1.36. The van der Waals surface area contributed by atoms with Crippen molar-refractivity contribution in [2.75, 3.05) is 7.11 Å². The van der Waals surface area contributed by atoms with Crippen LogP contribution in [0.4, 0.5) is 0 Å². The Morgan fingerprint density at radius 1 is 1.36 bits per heavy atom. The normalized spacial score (nSPS) is 9.57. The topological polar surface area (TPSA) is 26.3 Å². The van der Waals surface area contributed by atoms with E-state index in [0.29, 0.717) is 0 Å². The van der Waals surface area contributed by atoms with Crippen molar-refractivity contribution in [3.05, 3.63) is 30.0 Å². The van der Waals surface area contributed by atoms with Crippen molar-refractivity contribution in [1.82, 2.24) is 0 Å². The standard InChI is InChI=1S/C12H18O2/c1-3-4-5-6-7-8-9-10-11-12(13)14-2/h4-5,9,11H,3,6-8H2,1-2H3/b5-4-. The number of unbranched alkanes of at least 4 members (excludes halogenated alkanes) is 2. The van der Waals surface area contributed by atoms with E-state index in [2.05, 4.69) is 29.5 Å². The second kappa shape index (κ2) is 9.82. The summed E-state index contributed by atoms with van der Waals surface area (Å²) >= 11 is 0. The number of esters is 1. The van der Waals surface area contributed by atoms with Gasteiger partial charge < -0.3 is 4.74 Å². The molecule has 2 heteroatoms. The summed E-state index contributed by atoms with van der Waals surface area (Å²) in [5.74, 6) is -0.355. The van der Waals surface area contributed by atoms with Gasteiger partial charge in [-0.25, -0.2) is 4.79 Å². The average molecular weight is 194 g/mol. The first-order chi connectivity index (χ1) is 6.81. The van der Waals surface area contributed by atoms with Gasteiger partial charge in [0.05, 0.1) is 13.2 Å². The summed E-state index contributed by atoms with van der Waals surface area (Å²) in [6.07, 6.45) is 11.7. The maximum atomic E-state index is 10.6. The number of carbonyl (C=O) groups is 1. The van der Waals surface area contributed by atoms with Gasteiger partial charge in [0.2, 0.25) is 0 Å². The highest BCUT2D eigenvalue weighted by atomic mass is 16.5. The number of hydrogen-bond donors (Lipinski definition) is 0. The molecule has 0 radical (unpaired) electrons. The van der Waals surface area contributed by atoms with Crippen LogP contribution in [0.3, 0.4) is 0 Å². The molecular formula is C12H18O2. The Labute approximate surface area is 86.0 Å². The minimum Gasteiger partial charge on any atom is -0.465 e. The fraction of sp³-hybridized carbons (Fsp3) is 0.500. The minimum absolute atomic E-state index is 0.355. The number of carbonyl (C=O) groups excluding carboxylic acids is 1. The van der Waals surface area contributed by atoms with Crippen LogP contribution >= 0.6 is 0 Å². The predicted octanol–water partition coefficient (Wildman–Crippen LogP) is 3.01. The summed E-state index contributed by atoms with van der Waals surface area (Å²) in [4.78, 5) is 10.6. The van der Waals surface area contributed by atoms with E-state index in [1.807, 2.05) is 6.08 Å². The number of rotatable bonds is 6. The maximum Gasteiger partial charge on any atom is 0.338 e. The zero-order chi connectivity index (χ0) is 10.6. The molecule has 0 aromatic rings. The van der Waals surface area contributed by atoms with Gasteiger partial charge in [0.15, 0.2) is 0 Å². The molecule has 0 fully saturated rings. The molecule has 0 saturated heterocycles. The summed E-state index contributed by atoms with van der Waals surface area (Å²) in [5.41, 5.74) is 2.78. The van der Waals surface area contributed by atoms with Crippen molar-refractivity contribution in [3.8, 4) is 0 Å². The molecule has 78 valence electrons. The summed E-state index contributed by atoms with van der Waals surface area (Å²) in [6, 6.07) is 0. The van der Waals surface area contributed by atoms with E-state index < -0.39 is 0 Å². The van der Waals surface area contributed by atoms with Crippen molar-refractivity contribution in [2.45, 2.75) is 32.6 Å². The third-order valence-corrected chi connectivity index (χ3v) is 1.64. The summed E-state index contributed by atoms with van der Waals surface area (Å²) < 4.78 is 4.42. The molecule has 0 amide bonds. The van der Waals surface area contributed by atoms with E-state index in [0.717, 1.165) is 25.7 Å². The van der Waals surface area contributed by atoms with E-state index in [1.165, 1.54) is 13.2 Å². The van der Waals surface area contributed by atoms with E-state index in [1.54, 1.807) is 0 Å². The highest BCUT2D eigenvalue weighted by Crippen LogP contribution is 1.97. The Morgan fingerprint density at radius 3 is 2.79 bits per heavy atom. The van der Waals surface area contributed by atoms with Crippen LogP contribution in [0.15, 0.2) is 30.0 Å². The van der Waals surface area contributed by atoms with Crippen LogP contribution in [0.25, 0.3) is 0 Å². The zero-order valence-corrected chi connectivity index (χ0v) is 8.95. The van der Waals surface area contributed by atoms with Crippen LogP contribution in [0.5, 0.6) is 0 Å². The number of hydrogen-bond acceptors (Lipinski definition) is 2. The average Bonchev–Trinajstić information content (AvgIpc) is 2.21. The summed E-state index contributed by atoms with van der Waals surface area (Å²) in [5, 5.41) is 0. The Hall–Kier alpha value is -1.27. The first-order valence-corrected chi connectivity index (χ1v) is 4.95. The lowest BCUT2D eigenvalue weighted by Crippen LogP contribution is -1.92. The second-order valence-corrected chi connectivity index (χ2v) is 2.85. The van der Waals surface area contributed by atoms with Gasteiger partial charge in [-0.15, -0.1) is 5.73 Å². The fourth-order valence-electron chi connectivity index (χ4n) is 0.892. The van der Waals surface area contributed by atoms with Gasteiger partial charge in [0.25, 0.3) is 0 Å². The highest BCUT2D eigenvalue weighted by molar-refractivity contribution is 5.81. The molecule has 0 aliphatic carbocycles. The van der Waals surface area contributed by atoms with Crippen molar-refractivity contribution in [3.63, 3.8) is 0 Å². The molecule has 0 heterocycles. The number of ether oxygens (including phenoxy) is 1. The zero-order valence-electron chi connectivity index (χ0n) is 8.95. The molecule has 0 spiro atoms. The molecule has 2 nitrogen and oxygen atoms in total. The molecule has 14 heavy (non-hydrogen) atoms. The predicted molar refractivity (Wildman–Crippen MR) is 58.0 cm³/mol. The molecule has 0 aliphatic rings. The first kappa shape index (κ1) is 12.7. The molecule has 0 aromatic heterocycles.